The summed E-state index contributed by atoms with van der Waals surface area (Å²) in [5.74, 6) is 1.25. The molecule has 0 saturated heterocycles. The summed E-state index contributed by atoms with van der Waals surface area (Å²) in [5, 5.41) is 3.45. The van der Waals surface area contributed by atoms with Crippen molar-refractivity contribution >= 4 is 5.97 Å². The number of nitrogens with zero attached hydrogens (tertiary/aromatic N) is 2. The Bertz CT molecular complexity index is 559. The molecule has 1 heterocycles. The zero-order valence-electron chi connectivity index (χ0n) is 21.4. The highest BCUT2D eigenvalue weighted by Crippen LogP contribution is 2.20. The van der Waals surface area contributed by atoms with Gasteiger partial charge < -0.3 is 14.6 Å². The van der Waals surface area contributed by atoms with E-state index in [1.54, 1.807) is 0 Å². The fourth-order valence-electron chi connectivity index (χ4n) is 4.13. The Labute approximate surface area is 198 Å². The van der Waals surface area contributed by atoms with Gasteiger partial charge in [0.25, 0.3) is 0 Å². The third-order valence-corrected chi connectivity index (χ3v) is 6.34. The molecule has 5 heteroatoms. The summed E-state index contributed by atoms with van der Waals surface area (Å²) in [6.07, 6.45) is 22.9. The number of carbonyl (C=O) groups excluding carboxylic acids is 1. The highest BCUT2D eigenvalue weighted by atomic mass is 16.5. The zero-order chi connectivity index (χ0) is 23.3. The van der Waals surface area contributed by atoms with E-state index in [1.165, 1.54) is 64.2 Å². The van der Waals surface area contributed by atoms with Crippen LogP contribution in [0.1, 0.15) is 122 Å². The summed E-state index contributed by atoms with van der Waals surface area (Å²) in [6, 6.07) is 0. The number of unbranched alkanes of at least 4 members (excludes halogenated alkanes) is 11. The van der Waals surface area contributed by atoms with Crippen LogP contribution >= 0.6 is 0 Å². The van der Waals surface area contributed by atoms with E-state index in [0.29, 0.717) is 6.61 Å². The number of nitrogens with one attached hydrogen (secondary N) is 1. The molecule has 1 unspecified atom stereocenters. The maximum atomic E-state index is 12.6. The Morgan fingerprint density at radius 2 is 1.50 bits per heavy atom. The lowest BCUT2D eigenvalue weighted by molar-refractivity contribution is -0.149. The van der Waals surface area contributed by atoms with Gasteiger partial charge in [0.15, 0.2) is 0 Å². The van der Waals surface area contributed by atoms with Crippen LogP contribution in [-0.2, 0) is 23.1 Å². The van der Waals surface area contributed by atoms with Crippen LogP contribution in [0.15, 0.2) is 12.4 Å². The van der Waals surface area contributed by atoms with E-state index in [0.717, 1.165) is 57.4 Å². The van der Waals surface area contributed by atoms with E-state index < -0.39 is 0 Å². The van der Waals surface area contributed by atoms with Gasteiger partial charge in [-0.2, -0.15) is 0 Å². The molecule has 0 aliphatic carbocycles. The third kappa shape index (κ3) is 14.7. The van der Waals surface area contributed by atoms with Gasteiger partial charge in [-0.05, 0) is 32.2 Å². The molecule has 1 aromatic heterocycles. The highest BCUT2D eigenvalue weighted by Gasteiger charge is 2.19. The van der Waals surface area contributed by atoms with Gasteiger partial charge in [0.1, 0.15) is 5.82 Å². The largest absolute Gasteiger partial charge is 0.465 e. The van der Waals surface area contributed by atoms with Gasteiger partial charge in [0, 0.05) is 19.4 Å². The Balaban J connectivity index is 2.10. The third-order valence-electron chi connectivity index (χ3n) is 6.34. The first kappa shape index (κ1) is 28.7. The van der Waals surface area contributed by atoms with Gasteiger partial charge in [0.05, 0.1) is 19.1 Å². The number of hydrogen-bond donors (Lipinski definition) is 1. The molecule has 0 saturated carbocycles. The monoisotopic (exact) mass is 449 g/mol. The fourth-order valence-corrected chi connectivity index (χ4v) is 4.13. The molecule has 1 atom stereocenters. The Morgan fingerprint density at radius 1 is 0.906 bits per heavy atom. The Morgan fingerprint density at radius 3 is 2.16 bits per heavy atom. The van der Waals surface area contributed by atoms with Crippen LogP contribution in [0.2, 0.25) is 0 Å². The van der Waals surface area contributed by atoms with Crippen molar-refractivity contribution in [3.05, 3.63) is 18.2 Å². The molecule has 5 nitrogen and oxygen atoms in total. The minimum Gasteiger partial charge on any atom is -0.465 e. The molecule has 0 fully saturated rings. The second kappa shape index (κ2) is 20.3. The molecular formula is C27H51N3O2. The average molecular weight is 450 g/mol. The van der Waals surface area contributed by atoms with Gasteiger partial charge in [-0.25, -0.2) is 4.98 Å². The first-order chi connectivity index (χ1) is 15.7. The number of rotatable bonds is 22. The molecule has 186 valence electrons. The van der Waals surface area contributed by atoms with Gasteiger partial charge in [0.2, 0.25) is 0 Å². The van der Waals surface area contributed by atoms with E-state index in [-0.39, 0.29) is 11.9 Å². The van der Waals surface area contributed by atoms with Crippen LogP contribution in [0, 0.1) is 5.92 Å². The second-order valence-corrected chi connectivity index (χ2v) is 9.32. The molecule has 0 bridgehead atoms. The van der Waals surface area contributed by atoms with Crippen LogP contribution in [0.25, 0.3) is 0 Å². The van der Waals surface area contributed by atoms with Crippen molar-refractivity contribution in [1.29, 1.82) is 0 Å². The summed E-state index contributed by atoms with van der Waals surface area (Å²) in [7, 11) is 2.02. The Hall–Kier alpha value is -1.36. The summed E-state index contributed by atoms with van der Waals surface area (Å²) in [5.41, 5.74) is 0. The quantitative estimate of drug-likeness (QED) is 0.154. The molecule has 32 heavy (non-hydrogen) atoms. The first-order valence-corrected chi connectivity index (χ1v) is 13.5. The molecule has 0 spiro atoms. The number of esters is 1. The van der Waals surface area contributed by atoms with Gasteiger partial charge in [-0.15, -0.1) is 0 Å². The standard InChI is InChI=1S/C27H51N3O2/c1-4-6-8-10-11-15-19-25(18-14-9-7-5-2)27(31)32-23-17-13-12-16-20-28-24-26-29-21-22-30(26)3/h21-22,25,28H,4-20,23-24H2,1-3H3. The lowest BCUT2D eigenvalue weighted by Crippen LogP contribution is -2.19. The average Bonchev–Trinajstić information content (AvgIpc) is 3.20. The number of imidazole rings is 1. The molecular weight excluding hydrogens is 398 g/mol. The highest BCUT2D eigenvalue weighted by molar-refractivity contribution is 5.72. The van der Waals surface area contributed by atoms with Crippen molar-refractivity contribution < 1.29 is 9.53 Å². The summed E-state index contributed by atoms with van der Waals surface area (Å²) >= 11 is 0. The van der Waals surface area contributed by atoms with Crippen LogP contribution < -0.4 is 5.32 Å². The van der Waals surface area contributed by atoms with E-state index in [1.807, 2.05) is 24.0 Å². The van der Waals surface area contributed by atoms with Crippen LogP contribution in [0.3, 0.4) is 0 Å². The summed E-state index contributed by atoms with van der Waals surface area (Å²) in [4.78, 5) is 17.0. The first-order valence-electron chi connectivity index (χ1n) is 13.5. The topological polar surface area (TPSA) is 56.1 Å². The Kier molecular flexibility index (Phi) is 18.2. The predicted molar refractivity (Wildman–Crippen MR) is 135 cm³/mol. The lowest BCUT2D eigenvalue weighted by Gasteiger charge is -2.16. The predicted octanol–water partition coefficient (Wildman–Crippen LogP) is 6.95. The van der Waals surface area contributed by atoms with Crippen molar-refractivity contribution in [3.63, 3.8) is 0 Å². The van der Waals surface area contributed by atoms with Crippen molar-refractivity contribution in [2.75, 3.05) is 13.2 Å². The smallest absolute Gasteiger partial charge is 0.308 e. The van der Waals surface area contributed by atoms with Crippen molar-refractivity contribution in [3.8, 4) is 0 Å². The van der Waals surface area contributed by atoms with Crippen LogP contribution in [0.4, 0.5) is 0 Å². The van der Waals surface area contributed by atoms with Gasteiger partial charge in [-0.3, -0.25) is 4.79 Å². The molecule has 1 rings (SSSR count). The van der Waals surface area contributed by atoms with Crippen LogP contribution in [-0.4, -0.2) is 28.7 Å². The number of ether oxygens (including phenoxy) is 1. The molecule has 1 aromatic rings. The van der Waals surface area contributed by atoms with Gasteiger partial charge >= 0.3 is 5.97 Å². The van der Waals surface area contributed by atoms with Gasteiger partial charge in [-0.1, -0.05) is 90.9 Å². The van der Waals surface area contributed by atoms with E-state index >= 15 is 0 Å². The minimum atomic E-state index is 0.0618. The molecule has 0 radical (unpaired) electrons. The van der Waals surface area contributed by atoms with E-state index in [9.17, 15) is 4.79 Å². The summed E-state index contributed by atoms with van der Waals surface area (Å²) in [6.45, 7) is 6.90. The normalized spacial score (nSPS) is 12.2. The van der Waals surface area contributed by atoms with Crippen LogP contribution in [0.5, 0.6) is 0 Å². The lowest BCUT2D eigenvalue weighted by atomic mass is 9.94. The van der Waals surface area contributed by atoms with Crippen molar-refractivity contribution in [2.45, 2.75) is 123 Å². The maximum absolute atomic E-state index is 12.6. The minimum absolute atomic E-state index is 0.0618. The number of aromatic nitrogens is 2. The van der Waals surface area contributed by atoms with Crippen molar-refractivity contribution in [2.24, 2.45) is 13.0 Å². The zero-order valence-corrected chi connectivity index (χ0v) is 21.4. The van der Waals surface area contributed by atoms with E-state index in [4.69, 9.17) is 4.74 Å². The maximum Gasteiger partial charge on any atom is 0.308 e. The molecule has 0 amide bonds. The SMILES string of the molecule is CCCCCCCCC(CCCCCC)C(=O)OCCCCCCNCc1nccn1C. The summed E-state index contributed by atoms with van der Waals surface area (Å²) < 4.78 is 7.73. The van der Waals surface area contributed by atoms with E-state index in [2.05, 4.69) is 24.1 Å². The fraction of sp³-hybridized carbons (Fsp3) is 0.852. The second-order valence-electron chi connectivity index (χ2n) is 9.32. The number of hydrogen-bond acceptors (Lipinski definition) is 4. The molecule has 1 N–H and O–H groups in total. The molecule has 0 aliphatic rings. The number of carbonyl (C=O) groups is 1. The van der Waals surface area contributed by atoms with Crippen molar-refractivity contribution in [1.82, 2.24) is 14.9 Å². The molecule has 0 aromatic carbocycles. The molecule has 0 aliphatic heterocycles. The number of aryl methyl sites for hydroxylation is 1.